The molecule has 0 radical (unpaired) electrons. The van der Waals surface area contributed by atoms with Gasteiger partial charge in [0.15, 0.2) is 0 Å². The van der Waals surface area contributed by atoms with Crippen molar-refractivity contribution in [3.8, 4) is 0 Å². The lowest BCUT2D eigenvalue weighted by atomic mass is 9.89. The van der Waals surface area contributed by atoms with E-state index in [0.29, 0.717) is 11.8 Å². The number of urea groups is 1. The fraction of sp³-hybridized carbons (Fsp3) is 0.520. The Labute approximate surface area is 180 Å². The third-order valence-corrected chi connectivity index (χ3v) is 6.57. The van der Waals surface area contributed by atoms with Gasteiger partial charge < -0.3 is 15.1 Å². The number of carbonyl (C=O) groups is 1. The van der Waals surface area contributed by atoms with Gasteiger partial charge in [-0.2, -0.15) is 0 Å². The van der Waals surface area contributed by atoms with Crippen LogP contribution >= 0.6 is 0 Å². The van der Waals surface area contributed by atoms with Crippen molar-refractivity contribution in [3.63, 3.8) is 0 Å². The van der Waals surface area contributed by atoms with E-state index in [9.17, 15) is 4.79 Å². The lowest BCUT2D eigenvalue weighted by Gasteiger charge is -2.39. The zero-order valence-electron chi connectivity index (χ0n) is 18.3. The summed E-state index contributed by atoms with van der Waals surface area (Å²) in [5, 5.41) is 3.04. The minimum Gasteiger partial charge on any atom is -0.323 e. The molecule has 0 unspecified atom stereocenters. The molecule has 5 heteroatoms. The van der Waals surface area contributed by atoms with Crippen molar-refractivity contribution in [1.82, 2.24) is 14.8 Å². The van der Waals surface area contributed by atoms with E-state index in [1.54, 1.807) is 6.20 Å². The lowest BCUT2D eigenvalue weighted by Crippen LogP contribution is -2.50. The third kappa shape index (κ3) is 5.20. The summed E-state index contributed by atoms with van der Waals surface area (Å²) in [7, 11) is 0. The van der Waals surface area contributed by atoms with Crippen LogP contribution in [0.2, 0.25) is 0 Å². The molecule has 2 aliphatic rings. The number of hydrogen-bond acceptors (Lipinski definition) is 3. The summed E-state index contributed by atoms with van der Waals surface area (Å²) in [6.45, 7) is 9.73. The molecule has 1 N–H and O–H groups in total. The molecule has 0 spiro atoms. The average Bonchev–Trinajstić information content (AvgIpc) is 2.73. The van der Waals surface area contributed by atoms with Crippen molar-refractivity contribution < 1.29 is 4.79 Å². The molecule has 1 aromatic heterocycles. The van der Waals surface area contributed by atoms with Gasteiger partial charge >= 0.3 is 6.03 Å². The number of rotatable bonds is 6. The maximum absolute atomic E-state index is 12.5. The summed E-state index contributed by atoms with van der Waals surface area (Å²) in [6, 6.07) is 12.5. The van der Waals surface area contributed by atoms with Gasteiger partial charge in [0.2, 0.25) is 0 Å². The standard InChI is InChI=1S/C25H34N4O/c1-19(2)9-13-28-14-10-21(11-15-28)20-5-7-24(8-6-20)27-25(30)29-17-23(18-29)22-4-3-12-26-16-22/h3-8,12,16,19,21,23H,9-11,13-15,17-18H2,1-2H3,(H,27,30). The number of nitrogens with zero attached hydrogens (tertiary/aromatic N) is 3. The highest BCUT2D eigenvalue weighted by Gasteiger charge is 2.31. The second-order valence-corrected chi connectivity index (χ2v) is 9.24. The van der Waals surface area contributed by atoms with Crippen LogP contribution in [0, 0.1) is 5.92 Å². The Morgan fingerprint density at radius 2 is 1.80 bits per heavy atom. The Morgan fingerprint density at radius 3 is 2.43 bits per heavy atom. The van der Waals surface area contributed by atoms with Gasteiger partial charge in [-0.25, -0.2) is 4.79 Å². The van der Waals surface area contributed by atoms with E-state index in [-0.39, 0.29) is 6.03 Å². The lowest BCUT2D eigenvalue weighted by molar-refractivity contribution is 0.164. The van der Waals surface area contributed by atoms with Gasteiger partial charge in [0.25, 0.3) is 0 Å². The summed E-state index contributed by atoms with van der Waals surface area (Å²) < 4.78 is 0. The molecule has 3 heterocycles. The molecule has 1 aromatic carbocycles. The first-order chi connectivity index (χ1) is 14.6. The van der Waals surface area contributed by atoms with Gasteiger partial charge in [-0.3, -0.25) is 4.98 Å². The van der Waals surface area contributed by atoms with Crippen molar-refractivity contribution in [3.05, 3.63) is 59.9 Å². The molecule has 2 aromatic rings. The summed E-state index contributed by atoms with van der Waals surface area (Å²) in [4.78, 5) is 21.1. The van der Waals surface area contributed by atoms with E-state index in [4.69, 9.17) is 0 Å². The number of nitrogens with one attached hydrogen (secondary N) is 1. The molecule has 2 fully saturated rings. The number of pyridine rings is 1. The van der Waals surface area contributed by atoms with Gasteiger partial charge in [-0.1, -0.05) is 32.0 Å². The molecule has 0 bridgehead atoms. The van der Waals surface area contributed by atoms with Gasteiger partial charge in [-0.15, -0.1) is 0 Å². The van der Waals surface area contributed by atoms with E-state index < -0.39 is 0 Å². The Kier molecular flexibility index (Phi) is 6.68. The minimum absolute atomic E-state index is 0.0126. The van der Waals surface area contributed by atoms with Crippen molar-refractivity contribution in [2.75, 3.05) is 38.0 Å². The first-order valence-corrected chi connectivity index (χ1v) is 11.4. The number of hydrogen-bond donors (Lipinski definition) is 1. The van der Waals surface area contributed by atoms with Crippen LogP contribution in [0.1, 0.15) is 56.1 Å². The maximum atomic E-state index is 12.5. The van der Waals surface area contributed by atoms with Crippen molar-refractivity contribution in [1.29, 1.82) is 0 Å². The zero-order valence-corrected chi connectivity index (χ0v) is 18.3. The van der Waals surface area contributed by atoms with Gasteiger partial charge in [0, 0.05) is 37.1 Å². The third-order valence-electron chi connectivity index (χ3n) is 6.57. The second-order valence-electron chi connectivity index (χ2n) is 9.24. The minimum atomic E-state index is -0.0126. The Balaban J connectivity index is 1.22. The van der Waals surface area contributed by atoms with E-state index in [1.165, 1.54) is 50.0 Å². The molecule has 2 aliphatic heterocycles. The predicted molar refractivity (Wildman–Crippen MR) is 122 cm³/mol. The summed E-state index contributed by atoms with van der Waals surface area (Å²) in [5.74, 6) is 1.82. The fourth-order valence-electron chi connectivity index (χ4n) is 4.44. The van der Waals surface area contributed by atoms with Crippen molar-refractivity contribution in [2.45, 2.75) is 44.9 Å². The number of amides is 2. The Morgan fingerprint density at radius 1 is 1.07 bits per heavy atom. The quantitative estimate of drug-likeness (QED) is 0.739. The highest BCUT2D eigenvalue weighted by molar-refractivity contribution is 5.90. The van der Waals surface area contributed by atoms with Gasteiger partial charge in [0.05, 0.1) is 0 Å². The molecule has 5 nitrogen and oxygen atoms in total. The Hall–Kier alpha value is -2.40. The molecule has 0 aliphatic carbocycles. The molecule has 2 saturated heterocycles. The highest BCUT2D eigenvalue weighted by atomic mass is 16.2. The topological polar surface area (TPSA) is 48.5 Å². The van der Waals surface area contributed by atoms with Crippen LogP contribution in [0.3, 0.4) is 0 Å². The van der Waals surface area contributed by atoms with Gasteiger partial charge in [0.1, 0.15) is 0 Å². The molecule has 30 heavy (non-hydrogen) atoms. The number of benzene rings is 1. The molecular weight excluding hydrogens is 372 g/mol. The van der Waals surface area contributed by atoms with Crippen molar-refractivity contribution in [2.24, 2.45) is 5.92 Å². The summed E-state index contributed by atoms with van der Waals surface area (Å²) in [5.41, 5.74) is 3.49. The second kappa shape index (κ2) is 9.61. The number of likely N-dealkylation sites (tertiary alicyclic amines) is 2. The maximum Gasteiger partial charge on any atom is 0.321 e. The number of piperidine rings is 1. The van der Waals surface area contributed by atoms with Crippen LogP contribution in [0.15, 0.2) is 48.8 Å². The predicted octanol–water partition coefficient (Wildman–Crippen LogP) is 4.94. The fourth-order valence-corrected chi connectivity index (χ4v) is 4.44. The summed E-state index contributed by atoms with van der Waals surface area (Å²) >= 11 is 0. The SMILES string of the molecule is CC(C)CCN1CCC(c2ccc(NC(=O)N3CC(c4cccnc4)C3)cc2)CC1. The molecule has 160 valence electrons. The molecule has 0 saturated carbocycles. The van der Waals surface area contributed by atoms with Crippen LogP contribution < -0.4 is 5.32 Å². The monoisotopic (exact) mass is 406 g/mol. The van der Waals surface area contributed by atoms with E-state index in [1.807, 2.05) is 17.2 Å². The highest BCUT2D eigenvalue weighted by Crippen LogP contribution is 2.30. The average molecular weight is 407 g/mol. The van der Waals surface area contributed by atoms with Crippen molar-refractivity contribution >= 4 is 11.7 Å². The molecule has 0 atom stereocenters. The number of anilines is 1. The van der Waals surface area contributed by atoms with Crippen LogP contribution in [-0.4, -0.2) is 53.5 Å². The molecular formula is C25H34N4O. The van der Waals surface area contributed by atoms with E-state index in [0.717, 1.165) is 24.7 Å². The first-order valence-electron chi connectivity index (χ1n) is 11.4. The largest absolute Gasteiger partial charge is 0.323 e. The molecule has 4 rings (SSSR count). The molecule has 2 amide bonds. The van der Waals surface area contributed by atoms with Crippen LogP contribution in [0.5, 0.6) is 0 Å². The van der Waals surface area contributed by atoms with Gasteiger partial charge in [-0.05, 0) is 80.1 Å². The number of aromatic nitrogens is 1. The van der Waals surface area contributed by atoms with E-state index >= 15 is 0 Å². The zero-order chi connectivity index (χ0) is 20.9. The van der Waals surface area contributed by atoms with E-state index in [2.05, 4.69) is 59.4 Å². The smallest absolute Gasteiger partial charge is 0.321 e. The number of carbonyl (C=O) groups excluding carboxylic acids is 1. The normalized spacial score (nSPS) is 18.4. The van der Waals surface area contributed by atoms with Crippen LogP contribution in [0.25, 0.3) is 0 Å². The first kappa shape index (κ1) is 20.9. The summed E-state index contributed by atoms with van der Waals surface area (Å²) in [6.07, 6.45) is 7.43. The Bertz CT molecular complexity index is 807. The van der Waals surface area contributed by atoms with Crippen LogP contribution in [-0.2, 0) is 0 Å². The van der Waals surface area contributed by atoms with Crippen LogP contribution in [0.4, 0.5) is 10.5 Å².